The number of aromatic nitrogens is 1. The molecule has 1 heterocycles. The van der Waals surface area contributed by atoms with Gasteiger partial charge in [-0.3, -0.25) is 4.98 Å². The van der Waals surface area contributed by atoms with E-state index in [0.717, 1.165) is 5.56 Å². The lowest BCUT2D eigenvalue weighted by Gasteiger charge is -2.09. The van der Waals surface area contributed by atoms with Gasteiger partial charge in [-0.1, -0.05) is 31.2 Å². The zero-order chi connectivity index (χ0) is 12.1. The first-order valence-electron chi connectivity index (χ1n) is 5.68. The molecule has 84 valence electrons. The standard InChI is InChI=1S/C15H14N2/c1-12(5-8-16)14-3-2-4-15(11-14)13-6-9-17-10-7-13/h2-4,6-7,9-12H,5H2,1H3. The van der Waals surface area contributed by atoms with Crippen molar-refractivity contribution < 1.29 is 0 Å². The predicted octanol–water partition coefficient (Wildman–Crippen LogP) is 3.77. The molecule has 1 unspecified atom stereocenters. The van der Waals surface area contributed by atoms with E-state index in [9.17, 15) is 0 Å². The molecule has 0 aliphatic rings. The minimum absolute atomic E-state index is 0.279. The van der Waals surface area contributed by atoms with Crippen LogP contribution in [0.4, 0.5) is 0 Å². The smallest absolute Gasteiger partial charge is 0.0628 e. The Morgan fingerprint density at radius 2 is 1.94 bits per heavy atom. The van der Waals surface area contributed by atoms with Crippen molar-refractivity contribution in [2.75, 3.05) is 0 Å². The fraction of sp³-hybridized carbons (Fsp3) is 0.200. The molecule has 0 radical (unpaired) electrons. The van der Waals surface area contributed by atoms with Crippen LogP contribution in [-0.2, 0) is 0 Å². The summed E-state index contributed by atoms with van der Waals surface area (Å²) in [4.78, 5) is 4.01. The zero-order valence-corrected chi connectivity index (χ0v) is 9.80. The van der Waals surface area contributed by atoms with Gasteiger partial charge in [-0.15, -0.1) is 0 Å². The highest BCUT2D eigenvalue weighted by molar-refractivity contribution is 5.63. The molecule has 0 fully saturated rings. The van der Waals surface area contributed by atoms with E-state index < -0.39 is 0 Å². The van der Waals surface area contributed by atoms with Crippen LogP contribution in [0.5, 0.6) is 0 Å². The van der Waals surface area contributed by atoms with Crippen molar-refractivity contribution >= 4 is 0 Å². The van der Waals surface area contributed by atoms with Crippen LogP contribution in [0.2, 0.25) is 0 Å². The second kappa shape index (κ2) is 5.27. The Bertz CT molecular complexity index is 526. The summed E-state index contributed by atoms with van der Waals surface area (Å²) in [5.41, 5.74) is 3.54. The first-order valence-corrected chi connectivity index (χ1v) is 5.68. The summed E-state index contributed by atoms with van der Waals surface area (Å²) in [5, 5.41) is 8.73. The summed E-state index contributed by atoms with van der Waals surface area (Å²) in [6.07, 6.45) is 4.14. The molecule has 1 aromatic heterocycles. The molecule has 17 heavy (non-hydrogen) atoms. The van der Waals surface area contributed by atoms with Crippen LogP contribution in [0.15, 0.2) is 48.8 Å². The number of hydrogen-bond donors (Lipinski definition) is 0. The topological polar surface area (TPSA) is 36.7 Å². The molecule has 0 aliphatic heterocycles. The largest absolute Gasteiger partial charge is 0.265 e. The van der Waals surface area contributed by atoms with Crippen molar-refractivity contribution in [3.05, 3.63) is 54.4 Å². The van der Waals surface area contributed by atoms with Gasteiger partial charge in [0.1, 0.15) is 0 Å². The third kappa shape index (κ3) is 2.70. The summed E-state index contributed by atoms with van der Waals surface area (Å²) in [6, 6.07) is 14.6. The lowest BCUT2D eigenvalue weighted by molar-refractivity contribution is 0.789. The van der Waals surface area contributed by atoms with E-state index in [1.165, 1.54) is 11.1 Å². The molecule has 1 aromatic carbocycles. The quantitative estimate of drug-likeness (QED) is 0.792. The first kappa shape index (κ1) is 11.3. The molecule has 0 N–H and O–H groups in total. The van der Waals surface area contributed by atoms with Crippen LogP contribution < -0.4 is 0 Å². The molecular formula is C15H14N2. The fourth-order valence-electron chi connectivity index (χ4n) is 1.82. The van der Waals surface area contributed by atoms with Gasteiger partial charge in [0.25, 0.3) is 0 Å². The Morgan fingerprint density at radius 1 is 1.18 bits per heavy atom. The van der Waals surface area contributed by atoms with Crippen LogP contribution in [0.25, 0.3) is 11.1 Å². The highest BCUT2D eigenvalue weighted by Gasteiger charge is 2.06. The summed E-state index contributed by atoms with van der Waals surface area (Å²) in [7, 11) is 0. The minimum atomic E-state index is 0.279. The molecule has 0 spiro atoms. The molecule has 0 aliphatic carbocycles. The molecule has 0 bridgehead atoms. The van der Waals surface area contributed by atoms with E-state index in [-0.39, 0.29) is 5.92 Å². The Morgan fingerprint density at radius 3 is 2.65 bits per heavy atom. The second-order valence-electron chi connectivity index (χ2n) is 4.12. The van der Waals surface area contributed by atoms with Crippen LogP contribution in [0, 0.1) is 11.3 Å². The summed E-state index contributed by atoms with van der Waals surface area (Å²) in [5.74, 6) is 0.279. The van der Waals surface area contributed by atoms with E-state index in [4.69, 9.17) is 5.26 Å². The fourth-order valence-corrected chi connectivity index (χ4v) is 1.82. The van der Waals surface area contributed by atoms with Gasteiger partial charge in [0.2, 0.25) is 0 Å². The van der Waals surface area contributed by atoms with Crippen LogP contribution in [-0.4, -0.2) is 4.98 Å². The molecule has 2 heteroatoms. The van der Waals surface area contributed by atoms with Crippen molar-refractivity contribution in [1.29, 1.82) is 5.26 Å². The molecule has 2 nitrogen and oxygen atoms in total. The Kier molecular flexibility index (Phi) is 3.52. The van der Waals surface area contributed by atoms with Gasteiger partial charge in [-0.05, 0) is 34.7 Å². The van der Waals surface area contributed by atoms with Crippen molar-refractivity contribution in [3.8, 4) is 17.2 Å². The molecule has 2 aromatic rings. The average molecular weight is 222 g/mol. The molecule has 0 amide bonds. The third-order valence-electron chi connectivity index (χ3n) is 2.87. The third-order valence-corrected chi connectivity index (χ3v) is 2.87. The van der Waals surface area contributed by atoms with Gasteiger partial charge in [0.05, 0.1) is 6.07 Å². The van der Waals surface area contributed by atoms with Gasteiger partial charge < -0.3 is 0 Å². The monoisotopic (exact) mass is 222 g/mol. The number of hydrogen-bond acceptors (Lipinski definition) is 2. The van der Waals surface area contributed by atoms with Crippen molar-refractivity contribution in [3.63, 3.8) is 0 Å². The average Bonchev–Trinajstić information content (AvgIpc) is 2.40. The summed E-state index contributed by atoms with van der Waals surface area (Å²) < 4.78 is 0. The Balaban J connectivity index is 2.33. The Hall–Kier alpha value is -2.14. The lowest BCUT2D eigenvalue weighted by Crippen LogP contribution is -1.92. The molecule has 2 rings (SSSR count). The van der Waals surface area contributed by atoms with Crippen LogP contribution in [0.3, 0.4) is 0 Å². The van der Waals surface area contributed by atoms with E-state index in [2.05, 4.69) is 36.2 Å². The van der Waals surface area contributed by atoms with Crippen LogP contribution in [0.1, 0.15) is 24.8 Å². The first-order chi connectivity index (χ1) is 8.31. The zero-order valence-electron chi connectivity index (χ0n) is 9.80. The van der Waals surface area contributed by atoms with Crippen molar-refractivity contribution in [1.82, 2.24) is 4.98 Å². The number of rotatable bonds is 3. The van der Waals surface area contributed by atoms with E-state index in [1.54, 1.807) is 12.4 Å². The highest BCUT2D eigenvalue weighted by Crippen LogP contribution is 2.24. The highest BCUT2D eigenvalue weighted by atomic mass is 14.6. The molecule has 0 saturated carbocycles. The normalized spacial score (nSPS) is 11.8. The number of pyridine rings is 1. The van der Waals surface area contributed by atoms with Crippen LogP contribution >= 0.6 is 0 Å². The van der Waals surface area contributed by atoms with E-state index in [0.29, 0.717) is 6.42 Å². The van der Waals surface area contributed by atoms with Gasteiger partial charge in [-0.2, -0.15) is 5.26 Å². The lowest BCUT2D eigenvalue weighted by atomic mass is 9.95. The van der Waals surface area contributed by atoms with E-state index >= 15 is 0 Å². The predicted molar refractivity (Wildman–Crippen MR) is 68.3 cm³/mol. The maximum Gasteiger partial charge on any atom is 0.0628 e. The summed E-state index contributed by atoms with van der Waals surface area (Å²) in [6.45, 7) is 2.08. The molecular weight excluding hydrogens is 208 g/mol. The van der Waals surface area contributed by atoms with Gasteiger partial charge in [-0.25, -0.2) is 0 Å². The van der Waals surface area contributed by atoms with Gasteiger partial charge >= 0.3 is 0 Å². The maximum absolute atomic E-state index is 8.73. The van der Waals surface area contributed by atoms with Crippen molar-refractivity contribution in [2.24, 2.45) is 0 Å². The minimum Gasteiger partial charge on any atom is -0.265 e. The van der Waals surface area contributed by atoms with Gasteiger partial charge in [0, 0.05) is 18.8 Å². The number of benzene rings is 1. The second-order valence-corrected chi connectivity index (χ2v) is 4.12. The van der Waals surface area contributed by atoms with E-state index in [1.807, 2.05) is 18.2 Å². The number of nitriles is 1. The Labute approximate surface area is 102 Å². The maximum atomic E-state index is 8.73. The molecule has 1 atom stereocenters. The SMILES string of the molecule is CC(CC#N)c1cccc(-c2ccncc2)c1. The van der Waals surface area contributed by atoms with Crippen molar-refractivity contribution in [2.45, 2.75) is 19.3 Å². The van der Waals surface area contributed by atoms with Gasteiger partial charge in [0.15, 0.2) is 0 Å². The number of nitrogens with zero attached hydrogens (tertiary/aromatic N) is 2. The summed E-state index contributed by atoms with van der Waals surface area (Å²) >= 11 is 0. The molecule has 0 saturated heterocycles.